The van der Waals surface area contributed by atoms with Crippen molar-refractivity contribution in [3.63, 3.8) is 0 Å². The Morgan fingerprint density at radius 1 is 1.35 bits per heavy atom. The smallest absolute Gasteiger partial charge is 0.0806 e. The van der Waals surface area contributed by atoms with E-state index in [4.69, 9.17) is 0 Å². The first-order chi connectivity index (χ1) is 7.88. The summed E-state index contributed by atoms with van der Waals surface area (Å²) in [4.78, 5) is 0. The van der Waals surface area contributed by atoms with Crippen molar-refractivity contribution >= 4 is 0 Å². The Balaban J connectivity index is 2.38. The molecule has 17 heavy (non-hydrogen) atoms. The van der Waals surface area contributed by atoms with Crippen molar-refractivity contribution < 1.29 is 10.2 Å². The van der Waals surface area contributed by atoms with Crippen molar-refractivity contribution in [2.24, 2.45) is 23.7 Å². The summed E-state index contributed by atoms with van der Waals surface area (Å²) in [6.07, 6.45) is 4.50. The van der Waals surface area contributed by atoms with Gasteiger partial charge in [-0.3, -0.25) is 0 Å². The minimum Gasteiger partial charge on any atom is -0.389 e. The van der Waals surface area contributed by atoms with Crippen LogP contribution in [0.5, 0.6) is 0 Å². The van der Waals surface area contributed by atoms with Crippen molar-refractivity contribution in [1.82, 2.24) is 0 Å². The minimum atomic E-state index is -0.688. The summed E-state index contributed by atoms with van der Waals surface area (Å²) < 4.78 is 0. The fraction of sp³-hybridized carbons (Fsp3) is 0.867. The van der Waals surface area contributed by atoms with Crippen molar-refractivity contribution in [2.45, 2.75) is 58.7 Å². The number of fused-ring (bicyclic) bond motifs is 1. The van der Waals surface area contributed by atoms with E-state index in [2.05, 4.69) is 20.8 Å². The molecule has 0 amide bonds. The molecule has 2 nitrogen and oxygen atoms in total. The number of aliphatic hydroxyl groups excluding tert-OH is 1. The van der Waals surface area contributed by atoms with Crippen LogP contribution in [-0.2, 0) is 0 Å². The molecule has 98 valence electrons. The van der Waals surface area contributed by atoms with Gasteiger partial charge in [-0.05, 0) is 49.5 Å². The van der Waals surface area contributed by atoms with Gasteiger partial charge in [-0.2, -0.15) is 0 Å². The SMILES string of the molecule is CC1=CC[C@]2(O)[C@@H]([C@H]1O)[C@H](C(C)C)CC[C@H]2C. The Labute approximate surface area is 105 Å². The van der Waals surface area contributed by atoms with E-state index in [0.717, 1.165) is 18.4 Å². The lowest BCUT2D eigenvalue weighted by Crippen LogP contribution is -2.57. The van der Waals surface area contributed by atoms with Gasteiger partial charge in [-0.1, -0.05) is 26.8 Å². The van der Waals surface area contributed by atoms with Crippen LogP contribution in [0.15, 0.2) is 11.6 Å². The predicted molar refractivity (Wildman–Crippen MR) is 69.5 cm³/mol. The average molecular weight is 238 g/mol. The maximum atomic E-state index is 11.0. The van der Waals surface area contributed by atoms with Crippen LogP contribution in [0, 0.1) is 23.7 Å². The Bertz CT molecular complexity index is 321. The highest BCUT2D eigenvalue weighted by molar-refractivity contribution is 5.20. The number of hydrogen-bond acceptors (Lipinski definition) is 2. The molecule has 0 bridgehead atoms. The summed E-state index contributed by atoms with van der Waals surface area (Å²) in [5.74, 6) is 1.28. The van der Waals surface area contributed by atoms with E-state index >= 15 is 0 Å². The molecule has 0 heterocycles. The quantitative estimate of drug-likeness (QED) is 0.690. The number of hydrogen-bond donors (Lipinski definition) is 2. The lowest BCUT2D eigenvalue weighted by atomic mass is 9.56. The molecule has 0 saturated heterocycles. The third kappa shape index (κ3) is 1.96. The van der Waals surface area contributed by atoms with E-state index < -0.39 is 11.7 Å². The number of aliphatic hydroxyl groups is 2. The van der Waals surface area contributed by atoms with Gasteiger partial charge in [0, 0.05) is 5.92 Å². The summed E-state index contributed by atoms with van der Waals surface area (Å²) >= 11 is 0. The third-order valence-electron chi connectivity index (χ3n) is 5.24. The van der Waals surface area contributed by atoms with Gasteiger partial charge in [-0.25, -0.2) is 0 Å². The highest BCUT2D eigenvalue weighted by atomic mass is 16.3. The van der Waals surface area contributed by atoms with Crippen LogP contribution in [-0.4, -0.2) is 21.9 Å². The molecule has 0 spiro atoms. The third-order valence-corrected chi connectivity index (χ3v) is 5.24. The first kappa shape index (κ1) is 13.1. The zero-order chi connectivity index (χ0) is 12.8. The van der Waals surface area contributed by atoms with Crippen LogP contribution in [0.4, 0.5) is 0 Å². The van der Waals surface area contributed by atoms with Crippen LogP contribution < -0.4 is 0 Å². The van der Waals surface area contributed by atoms with Crippen molar-refractivity contribution in [3.8, 4) is 0 Å². The lowest BCUT2D eigenvalue weighted by Gasteiger charge is -2.53. The van der Waals surface area contributed by atoms with Crippen molar-refractivity contribution in [1.29, 1.82) is 0 Å². The number of rotatable bonds is 1. The maximum absolute atomic E-state index is 11.0. The Kier molecular flexibility index (Phi) is 3.39. The molecule has 2 aliphatic rings. The summed E-state index contributed by atoms with van der Waals surface area (Å²) in [5.41, 5.74) is 0.353. The van der Waals surface area contributed by atoms with Gasteiger partial charge in [0.15, 0.2) is 0 Å². The average Bonchev–Trinajstić information content (AvgIpc) is 2.26. The summed E-state index contributed by atoms with van der Waals surface area (Å²) in [5, 5.41) is 21.4. The van der Waals surface area contributed by atoms with Crippen LogP contribution in [0.1, 0.15) is 47.0 Å². The van der Waals surface area contributed by atoms with Gasteiger partial charge in [0.2, 0.25) is 0 Å². The standard InChI is InChI=1S/C15H26O2/c1-9(2)12-6-5-11(4)15(17)8-7-10(3)14(16)13(12)15/h7,9,11-14,16-17H,5-6,8H2,1-4H3/t11-,12+,13-,14+,15-/m1/s1. The molecule has 5 atom stereocenters. The van der Waals surface area contributed by atoms with E-state index in [1.807, 2.05) is 13.0 Å². The molecule has 2 N–H and O–H groups in total. The molecule has 2 rings (SSSR count). The second-order valence-corrected chi connectivity index (χ2v) is 6.50. The fourth-order valence-electron chi connectivity index (χ4n) is 3.89. The van der Waals surface area contributed by atoms with Crippen LogP contribution in [0.3, 0.4) is 0 Å². The van der Waals surface area contributed by atoms with E-state index in [0.29, 0.717) is 24.2 Å². The monoisotopic (exact) mass is 238 g/mol. The minimum absolute atomic E-state index is 0.0243. The summed E-state index contributed by atoms with van der Waals surface area (Å²) in [6, 6.07) is 0. The van der Waals surface area contributed by atoms with Crippen molar-refractivity contribution in [3.05, 3.63) is 11.6 Å². The molecular weight excluding hydrogens is 212 g/mol. The fourth-order valence-corrected chi connectivity index (χ4v) is 3.89. The van der Waals surface area contributed by atoms with Gasteiger partial charge in [0.05, 0.1) is 11.7 Å². The normalized spacial score (nSPS) is 46.6. The zero-order valence-electron chi connectivity index (χ0n) is 11.5. The van der Waals surface area contributed by atoms with Gasteiger partial charge >= 0.3 is 0 Å². The summed E-state index contributed by atoms with van der Waals surface area (Å²) in [7, 11) is 0. The topological polar surface area (TPSA) is 40.5 Å². The lowest BCUT2D eigenvalue weighted by molar-refractivity contribution is -0.155. The molecule has 1 fully saturated rings. The van der Waals surface area contributed by atoms with Gasteiger partial charge in [0.25, 0.3) is 0 Å². The first-order valence-corrected chi connectivity index (χ1v) is 6.95. The Morgan fingerprint density at radius 3 is 2.59 bits per heavy atom. The van der Waals surface area contributed by atoms with E-state index in [9.17, 15) is 10.2 Å². The predicted octanol–water partition coefficient (Wildman–Crippen LogP) is 2.75. The highest BCUT2D eigenvalue weighted by Gasteiger charge is 2.53. The molecule has 0 aromatic carbocycles. The van der Waals surface area contributed by atoms with Crippen LogP contribution in [0.2, 0.25) is 0 Å². The van der Waals surface area contributed by atoms with E-state index in [1.165, 1.54) is 0 Å². The van der Waals surface area contributed by atoms with Gasteiger partial charge in [0.1, 0.15) is 0 Å². The first-order valence-electron chi connectivity index (χ1n) is 6.95. The maximum Gasteiger partial charge on any atom is 0.0806 e. The largest absolute Gasteiger partial charge is 0.389 e. The van der Waals surface area contributed by atoms with E-state index in [1.54, 1.807) is 0 Å². The van der Waals surface area contributed by atoms with Crippen LogP contribution >= 0.6 is 0 Å². The van der Waals surface area contributed by atoms with Gasteiger partial charge in [-0.15, -0.1) is 0 Å². The molecule has 0 radical (unpaired) electrons. The second-order valence-electron chi connectivity index (χ2n) is 6.50. The van der Waals surface area contributed by atoms with Gasteiger partial charge < -0.3 is 10.2 Å². The molecular formula is C15H26O2. The highest BCUT2D eigenvalue weighted by Crippen LogP contribution is 2.51. The molecule has 0 aromatic heterocycles. The Morgan fingerprint density at radius 2 is 2.00 bits per heavy atom. The molecule has 0 unspecified atom stereocenters. The van der Waals surface area contributed by atoms with Crippen molar-refractivity contribution in [2.75, 3.05) is 0 Å². The molecule has 2 aliphatic carbocycles. The second kappa shape index (κ2) is 4.40. The zero-order valence-corrected chi connectivity index (χ0v) is 11.5. The molecule has 0 aromatic rings. The van der Waals surface area contributed by atoms with E-state index in [-0.39, 0.29) is 5.92 Å². The molecule has 0 aliphatic heterocycles. The Hall–Kier alpha value is -0.340. The molecule has 2 heteroatoms. The van der Waals surface area contributed by atoms with Crippen LogP contribution in [0.25, 0.3) is 0 Å². The summed E-state index contributed by atoms with van der Waals surface area (Å²) in [6.45, 7) is 8.54. The molecule has 1 saturated carbocycles.